The van der Waals surface area contributed by atoms with Gasteiger partial charge in [0, 0.05) is 11.9 Å². The topological polar surface area (TPSA) is 54.9 Å². The van der Waals surface area contributed by atoms with Crippen molar-refractivity contribution in [2.45, 2.75) is 19.9 Å². The number of hydrogen-bond acceptors (Lipinski definition) is 3. The Labute approximate surface area is 88.8 Å². The van der Waals surface area contributed by atoms with Gasteiger partial charge in [0.25, 0.3) is 0 Å². The second-order valence-electron chi connectivity index (χ2n) is 3.25. The molecule has 0 aliphatic carbocycles. The van der Waals surface area contributed by atoms with E-state index in [9.17, 15) is 8.42 Å². The van der Waals surface area contributed by atoms with Crippen LogP contribution in [0.5, 0.6) is 0 Å². The molecule has 0 saturated heterocycles. The predicted octanol–water partition coefficient (Wildman–Crippen LogP) is 1.15. The van der Waals surface area contributed by atoms with Crippen LogP contribution in [0.3, 0.4) is 0 Å². The van der Waals surface area contributed by atoms with Gasteiger partial charge in [-0.1, -0.05) is 19.1 Å². The Bertz CT molecular complexity index is 456. The molecule has 0 fully saturated rings. The van der Waals surface area contributed by atoms with E-state index in [-0.39, 0.29) is 5.75 Å². The minimum Gasteiger partial charge on any atom is -0.302 e. The van der Waals surface area contributed by atoms with Gasteiger partial charge in [0.05, 0.1) is 12.3 Å². The van der Waals surface area contributed by atoms with E-state index in [0.717, 1.165) is 12.1 Å². The van der Waals surface area contributed by atoms with Crippen LogP contribution in [0.25, 0.3) is 0 Å². The normalized spacial score (nSPS) is 11.9. The third-order valence-electron chi connectivity index (χ3n) is 1.91. The van der Waals surface area contributed by atoms with E-state index in [0.29, 0.717) is 11.2 Å². The number of H-pyrrole nitrogens is 1. The number of nitrogens with one attached hydrogen (secondary N) is 1. The third-order valence-corrected chi connectivity index (χ3v) is 3.17. The lowest BCUT2D eigenvalue weighted by Gasteiger charge is -2.01. The number of nitrogens with zero attached hydrogens (tertiary/aromatic N) is 1. The summed E-state index contributed by atoms with van der Waals surface area (Å²) < 4.78 is 24.2. The first-order chi connectivity index (χ1) is 6.42. The van der Waals surface area contributed by atoms with Crippen LogP contribution in [0.15, 0.2) is 6.07 Å². The molecule has 0 spiro atoms. The minimum atomic E-state index is -2.92. The van der Waals surface area contributed by atoms with Crippen molar-refractivity contribution in [1.82, 2.24) is 9.78 Å². The maximum atomic E-state index is 10.9. The van der Waals surface area contributed by atoms with Crippen LogP contribution in [0.1, 0.15) is 12.6 Å². The smallest absolute Gasteiger partial charge is 0.149 e. The number of hydrogen-bond donors (Lipinski definition) is 1. The van der Waals surface area contributed by atoms with Crippen molar-refractivity contribution in [3.63, 3.8) is 0 Å². The van der Waals surface area contributed by atoms with Crippen LogP contribution in [-0.2, 0) is 22.8 Å². The zero-order valence-electron chi connectivity index (χ0n) is 8.28. The van der Waals surface area contributed by atoms with Gasteiger partial charge < -0.3 is 5.10 Å². The quantitative estimate of drug-likeness (QED) is 0.795. The van der Waals surface area contributed by atoms with E-state index >= 15 is 0 Å². The van der Waals surface area contributed by atoms with Crippen molar-refractivity contribution in [2.24, 2.45) is 0 Å². The van der Waals surface area contributed by atoms with E-state index < -0.39 is 9.84 Å². The molecule has 0 saturated carbocycles. The number of sulfone groups is 1. The Morgan fingerprint density at radius 3 is 2.64 bits per heavy atom. The molecule has 0 unspecified atom stereocenters. The Morgan fingerprint density at radius 1 is 1.57 bits per heavy atom. The SMILES string of the molecule is CCc1cc(=S)n(CCS(C)(=O)=O)[nH]1. The number of aromatic amines is 1. The summed E-state index contributed by atoms with van der Waals surface area (Å²) >= 11 is 5.06. The van der Waals surface area contributed by atoms with Crippen LogP contribution < -0.4 is 0 Å². The van der Waals surface area contributed by atoms with E-state index in [2.05, 4.69) is 5.10 Å². The van der Waals surface area contributed by atoms with Gasteiger partial charge in [0.2, 0.25) is 0 Å². The van der Waals surface area contributed by atoms with Gasteiger partial charge in [0.1, 0.15) is 14.5 Å². The fourth-order valence-corrected chi connectivity index (χ4v) is 1.89. The van der Waals surface area contributed by atoms with E-state index in [1.807, 2.05) is 13.0 Å². The van der Waals surface area contributed by atoms with Gasteiger partial charge in [-0.05, 0) is 12.5 Å². The molecule has 0 aliphatic heterocycles. The Hall–Kier alpha value is -0.620. The summed E-state index contributed by atoms with van der Waals surface area (Å²) in [5.74, 6) is 0.116. The number of aromatic nitrogens is 2. The van der Waals surface area contributed by atoms with Crippen molar-refractivity contribution in [2.75, 3.05) is 12.0 Å². The van der Waals surface area contributed by atoms with Crippen LogP contribution in [-0.4, -0.2) is 30.2 Å². The van der Waals surface area contributed by atoms with E-state index in [1.165, 1.54) is 6.26 Å². The highest BCUT2D eigenvalue weighted by Gasteiger charge is 2.04. The van der Waals surface area contributed by atoms with Crippen LogP contribution in [0.4, 0.5) is 0 Å². The first kappa shape index (κ1) is 11.5. The van der Waals surface area contributed by atoms with Crippen molar-refractivity contribution >= 4 is 22.1 Å². The summed E-state index contributed by atoms with van der Waals surface area (Å²) in [6.07, 6.45) is 2.09. The molecule has 6 heteroatoms. The second kappa shape index (κ2) is 4.27. The van der Waals surface area contributed by atoms with Gasteiger partial charge in [0.15, 0.2) is 0 Å². The Morgan fingerprint density at radius 2 is 2.21 bits per heavy atom. The summed E-state index contributed by atoms with van der Waals surface area (Å²) in [6, 6.07) is 1.86. The first-order valence-electron chi connectivity index (χ1n) is 4.39. The molecule has 0 bridgehead atoms. The fraction of sp³-hybridized carbons (Fsp3) is 0.625. The molecule has 0 aromatic carbocycles. The molecule has 1 N–H and O–H groups in total. The molecule has 1 rings (SSSR count). The molecule has 1 aromatic rings. The molecule has 1 heterocycles. The van der Waals surface area contributed by atoms with Crippen LogP contribution in [0, 0.1) is 4.64 Å². The van der Waals surface area contributed by atoms with Crippen LogP contribution in [0.2, 0.25) is 0 Å². The molecule has 0 amide bonds. The molecule has 14 heavy (non-hydrogen) atoms. The van der Waals surface area contributed by atoms with Gasteiger partial charge in [-0.25, -0.2) is 8.42 Å². The second-order valence-corrected chi connectivity index (χ2v) is 5.93. The van der Waals surface area contributed by atoms with Crippen molar-refractivity contribution < 1.29 is 8.42 Å². The van der Waals surface area contributed by atoms with Crippen molar-refractivity contribution in [3.8, 4) is 0 Å². The van der Waals surface area contributed by atoms with Gasteiger partial charge >= 0.3 is 0 Å². The molecule has 0 aliphatic rings. The highest BCUT2D eigenvalue weighted by Crippen LogP contribution is 2.00. The average Bonchev–Trinajstić information content (AvgIpc) is 2.42. The van der Waals surface area contributed by atoms with Crippen LogP contribution >= 0.6 is 12.2 Å². The lowest BCUT2D eigenvalue weighted by atomic mass is 10.4. The van der Waals surface area contributed by atoms with Gasteiger partial charge in [-0.2, -0.15) is 0 Å². The molecule has 0 radical (unpaired) electrons. The highest BCUT2D eigenvalue weighted by molar-refractivity contribution is 7.90. The maximum absolute atomic E-state index is 10.9. The van der Waals surface area contributed by atoms with E-state index in [1.54, 1.807) is 4.68 Å². The highest BCUT2D eigenvalue weighted by atomic mass is 32.2. The average molecular weight is 234 g/mol. The Balaban J connectivity index is 2.77. The summed E-state index contributed by atoms with van der Waals surface area (Å²) in [7, 11) is -2.92. The summed E-state index contributed by atoms with van der Waals surface area (Å²) in [6.45, 7) is 2.42. The molecular weight excluding hydrogens is 220 g/mol. The Kier molecular flexibility index (Phi) is 3.49. The summed E-state index contributed by atoms with van der Waals surface area (Å²) in [5.41, 5.74) is 1.03. The summed E-state index contributed by atoms with van der Waals surface area (Å²) in [5, 5.41) is 3.05. The summed E-state index contributed by atoms with van der Waals surface area (Å²) in [4.78, 5) is 0. The predicted molar refractivity (Wildman–Crippen MR) is 58.7 cm³/mol. The zero-order chi connectivity index (χ0) is 10.8. The monoisotopic (exact) mass is 234 g/mol. The zero-order valence-corrected chi connectivity index (χ0v) is 9.91. The molecule has 4 nitrogen and oxygen atoms in total. The standard InChI is InChI=1S/C8H14N2O2S2/c1-3-7-6-8(13)10(9-7)4-5-14(2,11)12/h6,9H,3-5H2,1-2H3. The van der Waals surface area contributed by atoms with E-state index in [4.69, 9.17) is 12.2 Å². The van der Waals surface area contributed by atoms with Crippen molar-refractivity contribution in [1.29, 1.82) is 0 Å². The molecular formula is C8H14N2O2S2. The number of aryl methyl sites for hydroxylation is 2. The maximum Gasteiger partial charge on any atom is 0.149 e. The lowest BCUT2D eigenvalue weighted by molar-refractivity contribution is 0.582. The fourth-order valence-electron chi connectivity index (χ4n) is 1.09. The van der Waals surface area contributed by atoms with Crippen molar-refractivity contribution in [3.05, 3.63) is 16.4 Å². The molecule has 80 valence electrons. The molecule has 0 atom stereocenters. The lowest BCUT2D eigenvalue weighted by Crippen LogP contribution is -2.12. The van der Waals surface area contributed by atoms with Gasteiger partial charge in [-0.15, -0.1) is 0 Å². The number of rotatable bonds is 4. The minimum absolute atomic E-state index is 0.116. The largest absolute Gasteiger partial charge is 0.302 e. The van der Waals surface area contributed by atoms with Gasteiger partial charge in [-0.3, -0.25) is 4.68 Å². The molecule has 1 aromatic heterocycles. The third kappa shape index (κ3) is 3.26. The first-order valence-corrected chi connectivity index (χ1v) is 6.85.